The SMILES string of the molecule is COc1ccc(C=CC(=O)NC2CCC(n3cc(C(=O)NC4CC4)nn3)CC2)cc1. The van der Waals surface area contributed by atoms with E-state index in [0.29, 0.717) is 11.7 Å². The van der Waals surface area contributed by atoms with Crippen molar-refractivity contribution in [2.75, 3.05) is 7.11 Å². The van der Waals surface area contributed by atoms with Gasteiger partial charge in [0, 0.05) is 18.2 Å². The summed E-state index contributed by atoms with van der Waals surface area (Å²) in [5.74, 6) is 0.554. The number of ether oxygens (including phenoxy) is 1. The standard InChI is InChI=1S/C22H27N5O3/c1-30-19-11-2-15(3-12-19)4-13-21(28)23-16-7-9-18(10-8-16)27-14-20(25-26-27)22(29)24-17-5-6-17/h2-4,11-14,16-18H,5-10H2,1H3,(H,23,28)(H,24,29). The van der Waals surface area contributed by atoms with Crippen LogP contribution in [-0.4, -0.2) is 46.0 Å². The number of rotatable bonds is 7. The Labute approximate surface area is 175 Å². The summed E-state index contributed by atoms with van der Waals surface area (Å²) in [5.41, 5.74) is 1.32. The average Bonchev–Trinajstić information content (AvgIpc) is 3.44. The van der Waals surface area contributed by atoms with Crippen molar-refractivity contribution in [2.45, 2.75) is 56.7 Å². The van der Waals surface area contributed by atoms with Gasteiger partial charge in [-0.1, -0.05) is 17.3 Å². The van der Waals surface area contributed by atoms with Gasteiger partial charge in [-0.2, -0.15) is 0 Å². The highest BCUT2D eigenvalue weighted by Crippen LogP contribution is 2.28. The van der Waals surface area contributed by atoms with Gasteiger partial charge in [-0.05, 0) is 62.3 Å². The maximum Gasteiger partial charge on any atom is 0.273 e. The van der Waals surface area contributed by atoms with Crippen LogP contribution in [0.5, 0.6) is 5.75 Å². The first kappa shape index (κ1) is 20.1. The van der Waals surface area contributed by atoms with E-state index in [4.69, 9.17) is 4.74 Å². The highest BCUT2D eigenvalue weighted by molar-refractivity contribution is 5.92. The molecule has 2 amide bonds. The molecular weight excluding hydrogens is 382 g/mol. The van der Waals surface area contributed by atoms with Crippen LogP contribution in [0.2, 0.25) is 0 Å². The summed E-state index contributed by atoms with van der Waals surface area (Å²) < 4.78 is 6.93. The summed E-state index contributed by atoms with van der Waals surface area (Å²) in [5, 5.41) is 14.2. The fourth-order valence-electron chi connectivity index (χ4n) is 3.67. The number of aromatic nitrogens is 3. The molecule has 0 unspecified atom stereocenters. The minimum atomic E-state index is -0.145. The van der Waals surface area contributed by atoms with Gasteiger partial charge in [0.2, 0.25) is 5.91 Å². The van der Waals surface area contributed by atoms with Crippen molar-refractivity contribution in [2.24, 2.45) is 0 Å². The van der Waals surface area contributed by atoms with Gasteiger partial charge < -0.3 is 15.4 Å². The third kappa shape index (κ3) is 5.25. The van der Waals surface area contributed by atoms with E-state index in [1.54, 1.807) is 30.1 Å². The minimum absolute atomic E-state index is 0.0888. The molecule has 0 bridgehead atoms. The first-order chi connectivity index (χ1) is 14.6. The van der Waals surface area contributed by atoms with Crippen LogP contribution in [0, 0.1) is 0 Å². The molecule has 0 aliphatic heterocycles. The van der Waals surface area contributed by atoms with Crippen molar-refractivity contribution in [3.63, 3.8) is 0 Å². The highest BCUT2D eigenvalue weighted by atomic mass is 16.5. The van der Waals surface area contributed by atoms with Crippen LogP contribution in [0.3, 0.4) is 0 Å². The summed E-state index contributed by atoms with van der Waals surface area (Å²) in [6, 6.07) is 8.21. The Balaban J connectivity index is 1.23. The van der Waals surface area contributed by atoms with Crippen LogP contribution in [0.4, 0.5) is 0 Å². The Morgan fingerprint density at radius 1 is 1.03 bits per heavy atom. The third-order valence-electron chi connectivity index (χ3n) is 5.62. The second-order valence-electron chi connectivity index (χ2n) is 7.95. The van der Waals surface area contributed by atoms with Crippen molar-refractivity contribution in [3.8, 4) is 5.75 Å². The molecule has 1 aromatic heterocycles. The maximum absolute atomic E-state index is 12.2. The molecule has 2 aliphatic rings. The molecule has 0 saturated heterocycles. The number of nitrogens with one attached hydrogen (secondary N) is 2. The van der Waals surface area contributed by atoms with Crippen LogP contribution < -0.4 is 15.4 Å². The normalized spacial score (nSPS) is 21.4. The molecule has 2 N–H and O–H groups in total. The minimum Gasteiger partial charge on any atom is -0.497 e. The average molecular weight is 409 g/mol. The van der Waals surface area contributed by atoms with E-state index in [-0.39, 0.29) is 23.9 Å². The predicted molar refractivity (Wildman–Crippen MR) is 112 cm³/mol. The molecule has 158 valence electrons. The molecular formula is C22H27N5O3. The molecule has 2 saturated carbocycles. The summed E-state index contributed by atoms with van der Waals surface area (Å²) in [6.45, 7) is 0. The van der Waals surface area contributed by atoms with Gasteiger partial charge in [-0.15, -0.1) is 5.10 Å². The molecule has 2 aliphatic carbocycles. The van der Waals surface area contributed by atoms with Gasteiger partial charge in [0.05, 0.1) is 19.3 Å². The Morgan fingerprint density at radius 2 is 1.70 bits per heavy atom. The molecule has 4 rings (SSSR count). The number of carbonyl (C=O) groups is 2. The number of carbonyl (C=O) groups excluding carboxylic acids is 2. The number of methoxy groups -OCH3 is 1. The Bertz CT molecular complexity index is 909. The largest absolute Gasteiger partial charge is 0.497 e. The zero-order valence-electron chi connectivity index (χ0n) is 17.1. The Kier molecular flexibility index (Phi) is 6.11. The number of benzene rings is 1. The molecule has 2 fully saturated rings. The lowest BCUT2D eigenvalue weighted by atomic mass is 9.91. The monoisotopic (exact) mass is 409 g/mol. The van der Waals surface area contributed by atoms with Gasteiger partial charge in [0.15, 0.2) is 5.69 Å². The van der Waals surface area contributed by atoms with Crippen molar-refractivity contribution in [3.05, 3.63) is 47.8 Å². The van der Waals surface area contributed by atoms with Crippen LogP contribution in [-0.2, 0) is 4.79 Å². The summed E-state index contributed by atoms with van der Waals surface area (Å²) in [7, 11) is 1.63. The molecule has 0 radical (unpaired) electrons. The van der Waals surface area contributed by atoms with Crippen LogP contribution in [0.25, 0.3) is 6.08 Å². The van der Waals surface area contributed by atoms with Crippen LogP contribution in [0.15, 0.2) is 36.5 Å². The van der Waals surface area contributed by atoms with Crippen LogP contribution in [0.1, 0.15) is 60.6 Å². The molecule has 8 nitrogen and oxygen atoms in total. The molecule has 2 aromatic rings. The predicted octanol–water partition coefficient (Wildman–Crippen LogP) is 2.49. The number of nitrogens with zero attached hydrogens (tertiary/aromatic N) is 3. The van der Waals surface area contributed by atoms with Crippen molar-refractivity contribution in [1.29, 1.82) is 0 Å². The summed E-state index contributed by atoms with van der Waals surface area (Å²) in [6.07, 6.45) is 10.7. The van der Waals surface area contributed by atoms with Crippen LogP contribution >= 0.6 is 0 Å². The Hall–Kier alpha value is -3.16. The van der Waals surface area contributed by atoms with Crippen molar-refractivity contribution < 1.29 is 14.3 Å². The fourth-order valence-corrected chi connectivity index (χ4v) is 3.67. The molecule has 0 atom stereocenters. The van der Waals surface area contributed by atoms with Gasteiger partial charge in [0.1, 0.15) is 5.75 Å². The lowest BCUT2D eigenvalue weighted by Gasteiger charge is -2.28. The third-order valence-corrected chi connectivity index (χ3v) is 5.62. The molecule has 1 aromatic carbocycles. The van der Waals surface area contributed by atoms with E-state index in [1.165, 1.54) is 0 Å². The van der Waals surface area contributed by atoms with Gasteiger partial charge in [0.25, 0.3) is 5.91 Å². The fraction of sp³-hybridized carbons (Fsp3) is 0.455. The van der Waals surface area contributed by atoms with E-state index in [0.717, 1.165) is 49.8 Å². The zero-order valence-corrected chi connectivity index (χ0v) is 17.1. The van der Waals surface area contributed by atoms with Gasteiger partial charge >= 0.3 is 0 Å². The summed E-state index contributed by atoms with van der Waals surface area (Å²) in [4.78, 5) is 24.3. The van der Waals surface area contributed by atoms with E-state index in [1.807, 2.05) is 24.3 Å². The maximum atomic E-state index is 12.2. The molecule has 30 heavy (non-hydrogen) atoms. The van der Waals surface area contributed by atoms with Crippen molar-refractivity contribution in [1.82, 2.24) is 25.6 Å². The molecule has 8 heteroatoms. The number of amides is 2. The number of hydrogen-bond donors (Lipinski definition) is 2. The zero-order chi connectivity index (χ0) is 20.9. The first-order valence-electron chi connectivity index (χ1n) is 10.5. The molecule has 1 heterocycles. The van der Waals surface area contributed by atoms with E-state index in [2.05, 4.69) is 20.9 Å². The van der Waals surface area contributed by atoms with Gasteiger partial charge in [-0.25, -0.2) is 4.68 Å². The second-order valence-corrected chi connectivity index (χ2v) is 7.95. The second kappa shape index (κ2) is 9.11. The lowest BCUT2D eigenvalue weighted by molar-refractivity contribution is -0.117. The quantitative estimate of drug-likeness (QED) is 0.685. The van der Waals surface area contributed by atoms with Crippen molar-refractivity contribution >= 4 is 17.9 Å². The summed E-state index contributed by atoms with van der Waals surface area (Å²) >= 11 is 0. The van der Waals surface area contributed by atoms with E-state index >= 15 is 0 Å². The van der Waals surface area contributed by atoms with E-state index < -0.39 is 0 Å². The molecule has 0 spiro atoms. The number of hydrogen-bond acceptors (Lipinski definition) is 5. The Morgan fingerprint density at radius 3 is 2.37 bits per heavy atom. The van der Waals surface area contributed by atoms with Gasteiger partial charge in [-0.3, -0.25) is 9.59 Å². The highest BCUT2D eigenvalue weighted by Gasteiger charge is 2.27. The lowest BCUT2D eigenvalue weighted by Crippen LogP contribution is -2.37. The smallest absolute Gasteiger partial charge is 0.273 e. The topological polar surface area (TPSA) is 98.1 Å². The van der Waals surface area contributed by atoms with E-state index in [9.17, 15) is 9.59 Å². The first-order valence-corrected chi connectivity index (χ1v) is 10.5.